The smallest absolute Gasteiger partial charge is 0.225 e. The van der Waals surface area contributed by atoms with E-state index in [1.165, 1.54) is 0 Å². The zero-order valence-corrected chi connectivity index (χ0v) is 12.5. The number of hydrogen-bond donors (Lipinski definition) is 0. The summed E-state index contributed by atoms with van der Waals surface area (Å²) in [6, 6.07) is 2.03. The summed E-state index contributed by atoms with van der Waals surface area (Å²) in [5.74, 6) is 0.650. The molecule has 0 spiro atoms. The molecule has 6 heteroatoms. The van der Waals surface area contributed by atoms with E-state index in [1.807, 2.05) is 11.4 Å². The standard InChI is InChI=1S/C12H12BrN3OS/c1-8(17)6-16(2)12-14-4-9(5-15-12)11-3-10(13)7-18-11/h3-5,7H,6H2,1-2H3. The van der Waals surface area contributed by atoms with Gasteiger partial charge in [-0.25, -0.2) is 9.97 Å². The van der Waals surface area contributed by atoms with Gasteiger partial charge in [-0.15, -0.1) is 11.3 Å². The van der Waals surface area contributed by atoms with Crippen molar-refractivity contribution < 1.29 is 4.79 Å². The van der Waals surface area contributed by atoms with Gasteiger partial charge in [-0.2, -0.15) is 0 Å². The number of carbonyl (C=O) groups is 1. The zero-order valence-electron chi connectivity index (χ0n) is 10.1. The molecule has 0 amide bonds. The second kappa shape index (κ2) is 5.58. The molecule has 0 saturated heterocycles. The first-order valence-corrected chi connectivity index (χ1v) is 7.00. The maximum absolute atomic E-state index is 11.0. The van der Waals surface area contributed by atoms with Crippen molar-refractivity contribution in [2.24, 2.45) is 0 Å². The van der Waals surface area contributed by atoms with Crippen molar-refractivity contribution in [1.29, 1.82) is 0 Å². The van der Waals surface area contributed by atoms with Crippen LogP contribution in [0.15, 0.2) is 28.3 Å². The summed E-state index contributed by atoms with van der Waals surface area (Å²) < 4.78 is 1.06. The number of thiophene rings is 1. The van der Waals surface area contributed by atoms with Gasteiger partial charge >= 0.3 is 0 Å². The fraction of sp³-hybridized carbons (Fsp3) is 0.250. The van der Waals surface area contributed by atoms with E-state index in [0.29, 0.717) is 12.5 Å². The lowest BCUT2D eigenvalue weighted by atomic mass is 10.3. The first-order chi connectivity index (χ1) is 8.56. The number of likely N-dealkylation sites (N-methyl/N-ethyl adjacent to an activating group) is 1. The molecule has 0 N–H and O–H groups in total. The van der Waals surface area contributed by atoms with Gasteiger partial charge in [-0.3, -0.25) is 4.79 Å². The molecule has 0 aromatic carbocycles. The van der Waals surface area contributed by atoms with Crippen LogP contribution >= 0.6 is 27.3 Å². The molecule has 18 heavy (non-hydrogen) atoms. The van der Waals surface area contributed by atoms with E-state index in [2.05, 4.69) is 25.9 Å². The normalized spacial score (nSPS) is 10.4. The fourth-order valence-electron chi connectivity index (χ4n) is 1.51. The third-order valence-corrected chi connectivity index (χ3v) is 4.03. The highest BCUT2D eigenvalue weighted by Crippen LogP contribution is 2.29. The van der Waals surface area contributed by atoms with Crippen LogP contribution in [0.2, 0.25) is 0 Å². The molecule has 94 valence electrons. The minimum absolute atomic E-state index is 0.0902. The number of ketones is 1. The molecule has 0 aliphatic heterocycles. The van der Waals surface area contributed by atoms with E-state index in [1.54, 1.807) is 42.6 Å². The monoisotopic (exact) mass is 325 g/mol. The topological polar surface area (TPSA) is 46.1 Å². The Labute approximate surface area is 118 Å². The van der Waals surface area contributed by atoms with Crippen molar-refractivity contribution in [3.05, 3.63) is 28.3 Å². The lowest BCUT2D eigenvalue weighted by Gasteiger charge is -2.14. The number of halogens is 1. The van der Waals surface area contributed by atoms with Crippen molar-refractivity contribution in [2.45, 2.75) is 6.92 Å². The highest BCUT2D eigenvalue weighted by molar-refractivity contribution is 9.10. The van der Waals surface area contributed by atoms with Gasteiger partial charge in [0, 0.05) is 39.7 Å². The van der Waals surface area contributed by atoms with Crippen molar-refractivity contribution in [2.75, 3.05) is 18.5 Å². The lowest BCUT2D eigenvalue weighted by Crippen LogP contribution is -2.25. The summed E-state index contributed by atoms with van der Waals surface area (Å²) >= 11 is 5.05. The first-order valence-electron chi connectivity index (χ1n) is 5.33. The summed E-state index contributed by atoms with van der Waals surface area (Å²) in [4.78, 5) is 22.4. The third-order valence-electron chi connectivity index (χ3n) is 2.29. The van der Waals surface area contributed by atoms with Crippen LogP contribution in [0, 0.1) is 0 Å². The van der Waals surface area contributed by atoms with Gasteiger partial charge in [-0.05, 0) is 28.9 Å². The molecule has 0 bridgehead atoms. The van der Waals surface area contributed by atoms with Gasteiger partial charge in [0.2, 0.25) is 5.95 Å². The van der Waals surface area contributed by atoms with Crippen molar-refractivity contribution >= 4 is 39.0 Å². The molecule has 0 unspecified atom stereocenters. The Hall–Kier alpha value is -1.27. The quantitative estimate of drug-likeness (QED) is 0.866. The summed E-state index contributed by atoms with van der Waals surface area (Å²) in [7, 11) is 1.80. The molecule has 0 atom stereocenters. The van der Waals surface area contributed by atoms with Crippen LogP contribution in [0.25, 0.3) is 10.4 Å². The van der Waals surface area contributed by atoms with Gasteiger partial charge in [0.05, 0.1) is 6.54 Å². The number of anilines is 1. The third kappa shape index (κ3) is 3.14. The van der Waals surface area contributed by atoms with Gasteiger partial charge in [-0.1, -0.05) is 0 Å². The maximum atomic E-state index is 11.0. The Morgan fingerprint density at radius 1 is 1.44 bits per heavy atom. The van der Waals surface area contributed by atoms with Crippen molar-refractivity contribution in [3.8, 4) is 10.4 Å². The molecule has 0 radical (unpaired) electrons. The van der Waals surface area contributed by atoms with Crippen LogP contribution in [0.1, 0.15) is 6.92 Å². The Bertz CT molecular complexity index is 553. The van der Waals surface area contributed by atoms with E-state index < -0.39 is 0 Å². The number of nitrogens with zero attached hydrogens (tertiary/aromatic N) is 3. The van der Waals surface area contributed by atoms with Crippen molar-refractivity contribution in [3.63, 3.8) is 0 Å². The predicted octanol–water partition coefficient (Wildman–Crippen LogP) is 2.99. The van der Waals surface area contributed by atoms with E-state index in [9.17, 15) is 4.79 Å². The minimum Gasteiger partial charge on any atom is -0.337 e. The van der Waals surface area contributed by atoms with Crippen LogP contribution in [-0.4, -0.2) is 29.3 Å². The second-order valence-electron chi connectivity index (χ2n) is 3.96. The molecule has 0 aliphatic carbocycles. The van der Waals surface area contributed by atoms with Gasteiger partial charge in [0.15, 0.2) is 0 Å². The van der Waals surface area contributed by atoms with Gasteiger partial charge in [0.25, 0.3) is 0 Å². The molecule has 2 aromatic rings. The fourth-order valence-corrected chi connectivity index (χ4v) is 2.92. The highest BCUT2D eigenvalue weighted by atomic mass is 79.9. The molecule has 2 heterocycles. The molecule has 0 fully saturated rings. The highest BCUT2D eigenvalue weighted by Gasteiger charge is 2.08. The largest absolute Gasteiger partial charge is 0.337 e. The Kier molecular flexibility index (Phi) is 4.08. The zero-order chi connectivity index (χ0) is 13.1. The summed E-state index contributed by atoms with van der Waals surface area (Å²) in [6.07, 6.45) is 3.55. The van der Waals surface area contributed by atoms with Crippen LogP contribution in [-0.2, 0) is 4.79 Å². The van der Waals surface area contributed by atoms with Gasteiger partial charge < -0.3 is 4.90 Å². The minimum atomic E-state index is 0.0902. The van der Waals surface area contributed by atoms with Crippen molar-refractivity contribution in [1.82, 2.24) is 9.97 Å². The van der Waals surface area contributed by atoms with E-state index in [-0.39, 0.29) is 5.78 Å². The number of hydrogen-bond acceptors (Lipinski definition) is 5. The Morgan fingerprint density at radius 3 is 2.61 bits per heavy atom. The summed E-state index contributed by atoms with van der Waals surface area (Å²) in [5, 5.41) is 2.02. The number of rotatable bonds is 4. The van der Waals surface area contributed by atoms with Gasteiger partial charge in [0.1, 0.15) is 5.78 Å². The van der Waals surface area contributed by atoms with Crippen LogP contribution in [0.3, 0.4) is 0 Å². The Balaban J connectivity index is 2.17. The average Bonchev–Trinajstić information content (AvgIpc) is 2.75. The van der Waals surface area contributed by atoms with E-state index >= 15 is 0 Å². The molecule has 2 aromatic heterocycles. The molecule has 0 aliphatic rings. The van der Waals surface area contributed by atoms with Crippen LogP contribution in [0.5, 0.6) is 0 Å². The molecule has 2 rings (SSSR count). The first kappa shape index (κ1) is 13.2. The van der Waals surface area contributed by atoms with Crippen LogP contribution in [0.4, 0.5) is 5.95 Å². The summed E-state index contributed by atoms with van der Waals surface area (Å²) in [5.41, 5.74) is 0.977. The molecular weight excluding hydrogens is 314 g/mol. The molecule has 0 saturated carbocycles. The average molecular weight is 326 g/mol. The molecular formula is C12H12BrN3OS. The number of Topliss-reactive ketones (excluding diaryl/α,β-unsaturated/α-hetero) is 1. The SMILES string of the molecule is CC(=O)CN(C)c1ncc(-c2cc(Br)cs2)cn1. The van der Waals surface area contributed by atoms with Crippen LogP contribution < -0.4 is 4.90 Å². The summed E-state index contributed by atoms with van der Waals surface area (Å²) in [6.45, 7) is 1.87. The van der Waals surface area contributed by atoms with E-state index in [4.69, 9.17) is 0 Å². The maximum Gasteiger partial charge on any atom is 0.225 e. The number of carbonyl (C=O) groups excluding carboxylic acids is 1. The lowest BCUT2D eigenvalue weighted by molar-refractivity contribution is -0.115. The number of aromatic nitrogens is 2. The Morgan fingerprint density at radius 2 is 2.11 bits per heavy atom. The van der Waals surface area contributed by atoms with E-state index in [0.717, 1.165) is 14.9 Å². The predicted molar refractivity (Wildman–Crippen MR) is 77.0 cm³/mol. The molecule has 4 nitrogen and oxygen atoms in total. The second-order valence-corrected chi connectivity index (χ2v) is 5.79.